The highest BCUT2D eigenvalue weighted by Crippen LogP contribution is 2.26. The highest BCUT2D eigenvalue weighted by Gasteiger charge is 2.26. The molecule has 1 atom stereocenters. The second kappa shape index (κ2) is 4.21. The number of halogens is 1. The summed E-state index contributed by atoms with van der Waals surface area (Å²) in [5.74, 6) is -0.266. The van der Waals surface area contributed by atoms with E-state index in [1.165, 1.54) is 7.11 Å². The average molecular weight is 226 g/mol. The van der Waals surface area contributed by atoms with Gasteiger partial charge in [0.05, 0.1) is 7.11 Å². The fourth-order valence-electron chi connectivity index (χ4n) is 1.85. The van der Waals surface area contributed by atoms with Crippen molar-refractivity contribution in [3.05, 3.63) is 34.3 Å². The van der Waals surface area contributed by atoms with Gasteiger partial charge in [0.25, 0.3) is 0 Å². The van der Waals surface area contributed by atoms with Crippen molar-refractivity contribution in [1.29, 1.82) is 0 Å². The Labute approximate surface area is 93.4 Å². The zero-order valence-corrected chi connectivity index (χ0v) is 9.17. The summed E-state index contributed by atoms with van der Waals surface area (Å²) in [5, 5.41) is 3.76. The van der Waals surface area contributed by atoms with Crippen molar-refractivity contribution in [2.75, 3.05) is 13.7 Å². The second-order valence-corrected chi connectivity index (χ2v) is 3.94. The predicted molar refractivity (Wildman–Crippen MR) is 57.9 cm³/mol. The maximum Gasteiger partial charge on any atom is 0.327 e. The lowest BCUT2D eigenvalue weighted by Crippen LogP contribution is -2.35. The number of nitrogens with one attached hydrogen (secondary N) is 1. The molecule has 0 unspecified atom stereocenters. The number of carbonyl (C=O) groups excluding carboxylic acids is 1. The largest absolute Gasteiger partial charge is 0.468 e. The quantitative estimate of drug-likeness (QED) is 0.740. The Hall–Kier alpha value is -1.06. The van der Waals surface area contributed by atoms with Crippen LogP contribution >= 0.6 is 11.6 Å². The van der Waals surface area contributed by atoms with Gasteiger partial charge in [-0.3, -0.25) is 0 Å². The first kappa shape index (κ1) is 10.5. The van der Waals surface area contributed by atoms with Gasteiger partial charge in [-0.25, -0.2) is 4.79 Å². The van der Waals surface area contributed by atoms with Crippen LogP contribution in [0.3, 0.4) is 0 Å². The summed E-state index contributed by atoms with van der Waals surface area (Å²) >= 11 is 5.91. The van der Waals surface area contributed by atoms with Gasteiger partial charge >= 0.3 is 5.97 Å². The van der Waals surface area contributed by atoms with Crippen LogP contribution in [0.5, 0.6) is 0 Å². The van der Waals surface area contributed by atoms with Crippen LogP contribution in [0.15, 0.2) is 18.2 Å². The van der Waals surface area contributed by atoms with E-state index in [1.807, 2.05) is 18.2 Å². The predicted octanol–water partition coefficient (Wildman–Crippen LogP) is 1.70. The van der Waals surface area contributed by atoms with Gasteiger partial charge in [-0.1, -0.05) is 17.7 Å². The molecule has 15 heavy (non-hydrogen) atoms. The van der Waals surface area contributed by atoms with E-state index in [2.05, 4.69) is 5.32 Å². The summed E-state index contributed by atoms with van der Waals surface area (Å²) in [4.78, 5) is 11.5. The first-order valence-corrected chi connectivity index (χ1v) is 5.19. The molecule has 3 nitrogen and oxygen atoms in total. The van der Waals surface area contributed by atoms with Crippen LogP contribution in [-0.2, 0) is 16.0 Å². The van der Waals surface area contributed by atoms with Crippen LogP contribution in [-0.4, -0.2) is 19.6 Å². The van der Waals surface area contributed by atoms with E-state index >= 15 is 0 Å². The van der Waals surface area contributed by atoms with E-state index in [1.54, 1.807) is 0 Å². The Morgan fingerprint density at radius 3 is 3.13 bits per heavy atom. The molecule has 0 spiro atoms. The third-order valence-corrected chi connectivity index (χ3v) is 2.83. The smallest absolute Gasteiger partial charge is 0.327 e. The third-order valence-electron chi connectivity index (χ3n) is 2.60. The van der Waals surface area contributed by atoms with Crippen molar-refractivity contribution in [2.24, 2.45) is 0 Å². The highest BCUT2D eigenvalue weighted by atomic mass is 35.5. The second-order valence-electron chi connectivity index (χ2n) is 3.50. The monoisotopic (exact) mass is 225 g/mol. The number of ether oxygens (including phenoxy) is 1. The Bertz CT molecular complexity index is 392. The first-order chi connectivity index (χ1) is 7.22. The Kier molecular flexibility index (Phi) is 2.93. The SMILES string of the molecule is COC(=O)[C@@H]1NCCc2ccc(Cl)cc21. The molecule has 1 aromatic rings. The summed E-state index contributed by atoms with van der Waals surface area (Å²) in [6.45, 7) is 0.786. The van der Waals surface area contributed by atoms with Gasteiger partial charge in [-0.2, -0.15) is 0 Å². The number of benzene rings is 1. The van der Waals surface area contributed by atoms with E-state index in [0.29, 0.717) is 5.02 Å². The molecular weight excluding hydrogens is 214 g/mol. The zero-order chi connectivity index (χ0) is 10.8. The van der Waals surface area contributed by atoms with Crippen LogP contribution in [0.1, 0.15) is 17.2 Å². The molecule has 0 aromatic heterocycles. The van der Waals surface area contributed by atoms with E-state index in [9.17, 15) is 4.79 Å². The Morgan fingerprint density at radius 2 is 2.40 bits per heavy atom. The standard InChI is InChI=1S/C11H12ClNO2/c1-15-11(14)10-9-6-8(12)3-2-7(9)4-5-13-10/h2-3,6,10,13H,4-5H2,1H3/t10-/m1/s1. The van der Waals surface area contributed by atoms with E-state index in [4.69, 9.17) is 16.3 Å². The molecule has 0 saturated carbocycles. The molecule has 80 valence electrons. The van der Waals surface area contributed by atoms with Gasteiger partial charge in [0.15, 0.2) is 0 Å². The van der Waals surface area contributed by atoms with Crippen LogP contribution in [0.4, 0.5) is 0 Å². The molecule has 0 aliphatic carbocycles. The molecule has 0 amide bonds. The summed E-state index contributed by atoms with van der Waals surface area (Å²) in [7, 11) is 1.39. The van der Waals surface area contributed by atoms with Crippen molar-refractivity contribution in [1.82, 2.24) is 5.32 Å². The lowest BCUT2D eigenvalue weighted by molar-refractivity contribution is -0.143. The normalized spacial score (nSPS) is 19.5. The number of fused-ring (bicyclic) bond motifs is 1. The minimum atomic E-state index is -0.377. The van der Waals surface area contributed by atoms with Crippen molar-refractivity contribution in [3.8, 4) is 0 Å². The van der Waals surface area contributed by atoms with Gasteiger partial charge in [0.2, 0.25) is 0 Å². The van der Waals surface area contributed by atoms with Gasteiger partial charge in [0, 0.05) is 11.6 Å². The fourth-order valence-corrected chi connectivity index (χ4v) is 2.03. The maximum absolute atomic E-state index is 11.5. The van der Waals surface area contributed by atoms with Crippen molar-refractivity contribution in [3.63, 3.8) is 0 Å². The van der Waals surface area contributed by atoms with Crippen LogP contribution in [0.25, 0.3) is 0 Å². The zero-order valence-electron chi connectivity index (χ0n) is 8.42. The topological polar surface area (TPSA) is 38.3 Å². The summed E-state index contributed by atoms with van der Waals surface area (Å²) in [5.41, 5.74) is 2.09. The molecule has 0 fully saturated rings. The molecular formula is C11H12ClNO2. The molecule has 0 radical (unpaired) electrons. The Balaban J connectivity index is 2.40. The van der Waals surface area contributed by atoms with E-state index in [-0.39, 0.29) is 12.0 Å². The number of rotatable bonds is 1. The number of methoxy groups -OCH3 is 1. The van der Waals surface area contributed by atoms with Crippen LogP contribution < -0.4 is 5.32 Å². The molecule has 1 heterocycles. The van der Waals surface area contributed by atoms with Crippen molar-refractivity contribution >= 4 is 17.6 Å². The molecule has 1 aliphatic rings. The van der Waals surface area contributed by atoms with Crippen LogP contribution in [0.2, 0.25) is 5.02 Å². The molecule has 0 saturated heterocycles. The van der Waals surface area contributed by atoms with Crippen molar-refractivity contribution < 1.29 is 9.53 Å². The maximum atomic E-state index is 11.5. The third kappa shape index (κ3) is 1.98. The molecule has 0 bridgehead atoms. The summed E-state index contributed by atoms with van der Waals surface area (Å²) in [6, 6.07) is 5.26. The summed E-state index contributed by atoms with van der Waals surface area (Å²) in [6.07, 6.45) is 0.917. The lowest BCUT2D eigenvalue weighted by Gasteiger charge is -2.24. The minimum Gasteiger partial charge on any atom is -0.468 e. The molecule has 1 aromatic carbocycles. The first-order valence-electron chi connectivity index (χ1n) is 4.82. The van der Waals surface area contributed by atoms with Gasteiger partial charge in [0.1, 0.15) is 6.04 Å². The van der Waals surface area contributed by atoms with E-state index < -0.39 is 0 Å². The molecule has 1 N–H and O–H groups in total. The molecule has 4 heteroatoms. The van der Waals surface area contributed by atoms with Crippen LogP contribution in [0, 0.1) is 0 Å². The number of carbonyl (C=O) groups is 1. The molecule has 2 rings (SSSR count). The van der Waals surface area contributed by atoms with Gasteiger partial charge in [-0.05, 0) is 29.7 Å². The summed E-state index contributed by atoms with van der Waals surface area (Å²) < 4.78 is 4.74. The number of hydrogen-bond acceptors (Lipinski definition) is 3. The van der Waals surface area contributed by atoms with Crippen molar-refractivity contribution in [2.45, 2.75) is 12.5 Å². The van der Waals surface area contributed by atoms with Gasteiger partial charge < -0.3 is 10.1 Å². The highest BCUT2D eigenvalue weighted by molar-refractivity contribution is 6.30. The number of hydrogen-bond donors (Lipinski definition) is 1. The van der Waals surface area contributed by atoms with E-state index in [0.717, 1.165) is 24.1 Å². The fraction of sp³-hybridized carbons (Fsp3) is 0.364. The number of esters is 1. The minimum absolute atomic E-state index is 0.266. The molecule has 1 aliphatic heterocycles. The average Bonchev–Trinajstić information content (AvgIpc) is 2.27. The van der Waals surface area contributed by atoms with Gasteiger partial charge in [-0.15, -0.1) is 0 Å². The lowest BCUT2D eigenvalue weighted by atomic mass is 9.94. The Morgan fingerprint density at radius 1 is 1.60 bits per heavy atom.